The number of nitrogens with zero attached hydrogens (tertiary/aromatic N) is 1. The van der Waals surface area contributed by atoms with Crippen LogP contribution in [0.3, 0.4) is 0 Å². The van der Waals surface area contributed by atoms with Crippen molar-refractivity contribution in [3.05, 3.63) is 24.3 Å². The van der Waals surface area contributed by atoms with Crippen LogP contribution in [0, 0.1) is 5.92 Å². The molecule has 1 saturated heterocycles. The number of carbonyl (C=O) groups excluding carboxylic acids is 3. The van der Waals surface area contributed by atoms with E-state index in [4.69, 9.17) is 9.47 Å². The Hall–Kier alpha value is -2.77. The van der Waals surface area contributed by atoms with E-state index < -0.39 is 17.5 Å². The first-order valence-corrected chi connectivity index (χ1v) is 10.3. The molecule has 2 N–H and O–H groups in total. The van der Waals surface area contributed by atoms with E-state index in [1.54, 1.807) is 0 Å². The normalized spacial score (nSPS) is 23.8. The van der Waals surface area contributed by atoms with Gasteiger partial charge < -0.3 is 14.8 Å². The molecule has 1 aromatic rings. The molecule has 1 spiro atoms. The molecule has 0 radical (unpaired) electrons. The summed E-state index contributed by atoms with van der Waals surface area (Å²) in [5, 5.41) is 3.62. The Morgan fingerprint density at radius 3 is 2.52 bits per heavy atom. The molecule has 8 nitrogen and oxygen atoms in total. The van der Waals surface area contributed by atoms with Gasteiger partial charge in [-0.15, -0.1) is 0 Å². The molecule has 3 rings (SSSR count). The number of benzene rings is 1. The Morgan fingerprint density at radius 1 is 1.21 bits per heavy atom. The van der Waals surface area contributed by atoms with Crippen LogP contribution in [0.15, 0.2) is 24.3 Å². The molecule has 1 saturated carbocycles. The monoisotopic (exact) mass is 403 g/mol. The lowest BCUT2D eigenvalue weighted by Crippen LogP contribution is -2.51. The smallest absolute Gasteiger partial charge is 0.344 e. The summed E-state index contributed by atoms with van der Waals surface area (Å²) in [6.45, 7) is 4.89. The Kier molecular flexibility index (Phi) is 6.61. The lowest BCUT2D eigenvalue weighted by molar-refractivity contribution is -0.140. The minimum atomic E-state index is -0.858. The summed E-state index contributed by atoms with van der Waals surface area (Å²) in [5.74, 6) is 1.08. The highest BCUT2D eigenvalue weighted by molar-refractivity contribution is 6.08. The van der Waals surface area contributed by atoms with Crippen molar-refractivity contribution in [3.8, 4) is 11.5 Å². The van der Waals surface area contributed by atoms with Crippen LogP contribution in [-0.4, -0.2) is 41.6 Å². The largest absolute Gasteiger partial charge is 0.490 e. The van der Waals surface area contributed by atoms with Crippen LogP contribution in [0.2, 0.25) is 0 Å². The Morgan fingerprint density at radius 2 is 1.86 bits per heavy atom. The van der Waals surface area contributed by atoms with E-state index >= 15 is 0 Å². The number of ether oxygens (including phenoxy) is 2. The topological polar surface area (TPSA) is 97.0 Å². The summed E-state index contributed by atoms with van der Waals surface area (Å²) in [6, 6.07) is 6.79. The maximum Gasteiger partial charge on any atom is 0.344 e. The summed E-state index contributed by atoms with van der Waals surface area (Å²) < 4.78 is 11.2. The van der Waals surface area contributed by atoms with Gasteiger partial charge in [0.1, 0.15) is 5.54 Å². The van der Waals surface area contributed by atoms with Crippen molar-refractivity contribution in [2.45, 2.75) is 57.9 Å². The van der Waals surface area contributed by atoms with E-state index in [9.17, 15) is 14.4 Å². The number of hydrogen-bond donors (Lipinski definition) is 2. The number of para-hydroxylation sites is 2. The summed E-state index contributed by atoms with van der Waals surface area (Å²) in [6.07, 6.45) is 3.57. The van der Waals surface area contributed by atoms with Gasteiger partial charge in [0, 0.05) is 6.42 Å². The first kappa shape index (κ1) is 21.0. The van der Waals surface area contributed by atoms with Crippen molar-refractivity contribution in [2.75, 3.05) is 13.2 Å². The lowest BCUT2D eigenvalue weighted by Gasteiger charge is -2.33. The van der Waals surface area contributed by atoms with E-state index in [1.165, 1.54) is 0 Å². The highest BCUT2D eigenvalue weighted by Gasteiger charge is 2.52. The number of amides is 4. The Bertz CT molecular complexity index is 758. The van der Waals surface area contributed by atoms with Gasteiger partial charge in [0.2, 0.25) is 5.91 Å². The van der Waals surface area contributed by atoms with Crippen molar-refractivity contribution >= 4 is 17.8 Å². The molecule has 158 valence electrons. The van der Waals surface area contributed by atoms with Crippen molar-refractivity contribution < 1.29 is 23.9 Å². The molecule has 1 aromatic carbocycles. The average molecular weight is 403 g/mol. The molecule has 1 aliphatic carbocycles. The minimum Gasteiger partial charge on any atom is -0.490 e. The fourth-order valence-electron chi connectivity index (χ4n) is 3.76. The number of imide groups is 1. The maximum atomic E-state index is 12.7. The van der Waals surface area contributed by atoms with E-state index in [0.29, 0.717) is 49.9 Å². The highest BCUT2D eigenvalue weighted by Crippen LogP contribution is 2.35. The third-order valence-electron chi connectivity index (χ3n) is 5.48. The van der Waals surface area contributed by atoms with Crippen molar-refractivity contribution in [1.29, 1.82) is 0 Å². The van der Waals surface area contributed by atoms with Crippen LogP contribution in [0.4, 0.5) is 4.79 Å². The number of hydrogen-bond acceptors (Lipinski definition) is 5. The molecule has 0 aromatic heterocycles. The van der Waals surface area contributed by atoms with Crippen molar-refractivity contribution in [2.24, 2.45) is 5.92 Å². The predicted molar refractivity (Wildman–Crippen MR) is 106 cm³/mol. The average Bonchev–Trinajstić information content (AvgIpc) is 2.93. The Labute approximate surface area is 170 Å². The second-order valence-electron chi connectivity index (χ2n) is 7.70. The first-order chi connectivity index (χ1) is 13.9. The fraction of sp³-hybridized carbons (Fsp3) is 0.571. The molecule has 8 heteroatoms. The quantitative estimate of drug-likeness (QED) is 0.514. The summed E-state index contributed by atoms with van der Waals surface area (Å²) in [4.78, 5) is 37.2. The van der Waals surface area contributed by atoms with Gasteiger partial charge in [-0.05, 0) is 57.1 Å². The molecule has 1 heterocycles. The molecule has 0 atom stereocenters. The number of carbonyl (C=O) groups is 3. The molecule has 0 bridgehead atoms. The third kappa shape index (κ3) is 4.81. The van der Waals surface area contributed by atoms with Gasteiger partial charge in [0.25, 0.3) is 5.91 Å². The van der Waals surface area contributed by atoms with Gasteiger partial charge in [0.15, 0.2) is 11.5 Å². The van der Waals surface area contributed by atoms with Crippen LogP contribution in [0.5, 0.6) is 11.5 Å². The molecule has 29 heavy (non-hydrogen) atoms. The van der Waals surface area contributed by atoms with Gasteiger partial charge in [-0.3, -0.25) is 15.0 Å². The molecule has 0 unspecified atom stereocenters. The number of hydrazine groups is 1. The lowest BCUT2D eigenvalue weighted by atomic mass is 9.77. The standard InChI is InChI=1S/C21H29N3O5/c1-3-28-16-7-4-5-8-17(16)29-14-6-9-18(25)23-24-19(26)21(22-20(24)27)12-10-15(2)11-13-21/h4-5,7-8,15H,3,6,9-14H2,1-2H3,(H,22,27)(H,23,25). The first-order valence-electron chi connectivity index (χ1n) is 10.3. The summed E-state index contributed by atoms with van der Waals surface area (Å²) in [5.41, 5.74) is 1.59. The second kappa shape index (κ2) is 9.15. The zero-order chi connectivity index (χ0) is 20.9. The highest BCUT2D eigenvalue weighted by atomic mass is 16.5. The number of urea groups is 1. The van der Waals surface area contributed by atoms with Gasteiger partial charge in [-0.25, -0.2) is 4.79 Å². The van der Waals surface area contributed by atoms with Crippen LogP contribution >= 0.6 is 0 Å². The van der Waals surface area contributed by atoms with Gasteiger partial charge >= 0.3 is 6.03 Å². The summed E-state index contributed by atoms with van der Waals surface area (Å²) >= 11 is 0. The van der Waals surface area contributed by atoms with Crippen molar-refractivity contribution in [3.63, 3.8) is 0 Å². The van der Waals surface area contributed by atoms with Gasteiger partial charge in [-0.1, -0.05) is 19.1 Å². The maximum absolute atomic E-state index is 12.7. The molecule has 2 aliphatic rings. The van der Waals surface area contributed by atoms with Crippen LogP contribution in [-0.2, 0) is 9.59 Å². The minimum absolute atomic E-state index is 0.137. The molecular formula is C21H29N3O5. The number of rotatable bonds is 8. The summed E-state index contributed by atoms with van der Waals surface area (Å²) in [7, 11) is 0. The third-order valence-corrected chi connectivity index (χ3v) is 5.48. The zero-order valence-electron chi connectivity index (χ0n) is 17.0. The van der Waals surface area contributed by atoms with Crippen LogP contribution in [0.1, 0.15) is 52.4 Å². The second-order valence-corrected chi connectivity index (χ2v) is 7.70. The van der Waals surface area contributed by atoms with Crippen molar-refractivity contribution in [1.82, 2.24) is 15.8 Å². The predicted octanol–water partition coefficient (Wildman–Crippen LogP) is 2.78. The molecule has 1 aliphatic heterocycles. The molecule has 2 fully saturated rings. The fourth-order valence-corrected chi connectivity index (χ4v) is 3.76. The van der Waals surface area contributed by atoms with Crippen LogP contribution < -0.4 is 20.2 Å². The van der Waals surface area contributed by atoms with Gasteiger partial charge in [0.05, 0.1) is 13.2 Å². The van der Waals surface area contributed by atoms with Crippen LogP contribution in [0.25, 0.3) is 0 Å². The van der Waals surface area contributed by atoms with E-state index in [0.717, 1.165) is 17.9 Å². The van der Waals surface area contributed by atoms with E-state index in [-0.39, 0.29) is 12.3 Å². The van der Waals surface area contributed by atoms with E-state index in [2.05, 4.69) is 17.7 Å². The zero-order valence-corrected chi connectivity index (χ0v) is 17.0. The Balaban J connectivity index is 1.45. The number of nitrogens with one attached hydrogen (secondary N) is 2. The SMILES string of the molecule is CCOc1ccccc1OCCCC(=O)NN1C(=O)NC2(CCC(C)CC2)C1=O. The molecular weight excluding hydrogens is 374 g/mol. The van der Waals surface area contributed by atoms with Gasteiger partial charge in [-0.2, -0.15) is 5.01 Å². The molecule has 4 amide bonds. The van der Waals surface area contributed by atoms with E-state index in [1.807, 2.05) is 31.2 Å².